The van der Waals surface area contributed by atoms with Gasteiger partial charge >= 0.3 is 0 Å². The molecule has 2 aromatic heterocycles. The number of amides is 1. The molecule has 3 aromatic rings. The minimum atomic E-state index is -0.211. The Labute approximate surface area is 145 Å². The Kier molecular flexibility index (Phi) is 4.50. The minimum Gasteiger partial charge on any atom is -0.325 e. The lowest BCUT2D eigenvalue weighted by atomic mass is 10.2. The van der Waals surface area contributed by atoms with Gasteiger partial charge < -0.3 is 9.88 Å². The number of carbonyl (C=O) groups is 1. The summed E-state index contributed by atoms with van der Waals surface area (Å²) in [4.78, 5) is 13.7. The minimum absolute atomic E-state index is 0.211. The third-order valence-corrected chi connectivity index (χ3v) is 4.96. The highest BCUT2D eigenvalue weighted by Crippen LogP contribution is 2.28. The molecule has 0 aliphatic heterocycles. The number of anilines is 1. The molecule has 0 atom stereocenters. The third-order valence-electron chi connectivity index (χ3n) is 4.10. The quantitative estimate of drug-likeness (QED) is 0.771. The molecule has 1 aromatic carbocycles. The zero-order chi connectivity index (χ0) is 17.1. The van der Waals surface area contributed by atoms with E-state index in [-0.39, 0.29) is 5.91 Å². The highest BCUT2D eigenvalue weighted by atomic mass is 32.1. The Balaban J connectivity index is 2.01. The van der Waals surface area contributed by atoms with Crippen LogP contribution in [0.4, 0.5) is 5.82 Å². The number of thiophene rings is 1. The summed E-state index contributed by atoms with van der Waals surface area (Å²) in [5.74, 6) is 0.354. The second-order valence-corrected chi connectivity index (χ2v) is 6.56. The zero-order valence-corrected chi connectivity index (χ0v) is 14.4. The van der Waals surface area contributed by atoms with Gasteiger partial charge in [0, 0.05) is 16.1 Å². The van der Waals surface area contributed by atoms with Gasteiger partial charge in [-0.2, -0.15) is 5.26 Å². The highest BCUT2D eigenvalue weighted by molar-refractivity contribution is 7.09. The molecule has 4 nitrogen and oxygen atoms in total. The average Bonchev–Trinajstić information content (AvgIpc) is 3.19. The summed E-state index contributed by atoms with van der Waals surface area (Å²) in [6.45, 7) is 4.52. The molecular weight excluding hydrogens is 318 g/mol. The molecule has 0 bridgehead atoms. The fourth-order valence-electron chi connectivity index (χ4n) is 2.66. The normalized spacial score (nSPS) is 10.4. The molecule has 0 saturated heterocycles. The Morgan fingerprint density at radius 3 is 2.58 bits per heavy atom. The SMILES string of the molecule is Cc1c(C#N)c(NC(=O)c2ccccc2)n(Cc2cccs2)c1C. The molecular formula is C19H17N3OS. The molecule has 1 amide bonds. The van der Waals surface area contributed by atoms with Crippen molar-refractivity contribution < 1.29 is 4.79 Å². The molecule has 3 rings (SSSR count). The Morgan fingerprint density at radius 2 is 1.96 bits per heavy atom. The first-order valence-corrected chi connectivity index (χ1v) is 8.48. The van der Waals surface area contributed by atoms with Crippen molar-refractivity contribution in [3.8, 4) is 6.07 Å². The van der Waals surface area contributed by atoms with Crippen molar-refractivity contribution in [3.05, 3.63) is 75.1 Å². The van der Waals surface area contributed by atoms with Crippen molar-refractivity contribution in [2.24, 2.45) is 0 Å². The summed E-state index contributed by atoms with van der Waals surface area (Å²) in [6.07, 6.45) is 0. The van der Waals surface area contributed by atoms with Crippen molar-refractivity contribution in [2.75, 3.05) is 5.32 Å². The molecule has 1 N–H and O–H groups in total. The fourth-order valence-corrected chi connectivity index (χ4v) is 3.35. The topological polar surface area (TPSA) is 57.8 Å². The van der Waals surface area contributed by atoms with E-state index in [9.17, 15) is 10.1 Å². The maximum atomic E-state index is 12.5. The predicted molar refractivity (Wildman–Crippen MR) is 96.4 cm³/mol. The van der Waals surface area contributed by atoms with E-state index in [1.54, 1.807) is 23.5 Å². The van der Waals surface area contributed by atoms with Crippen LogP contribution in [0.2, 0.25) is 0 Å². The van der Waals surface area contributed by atoms with Crippen LogP contribution in [0.1, 0.15) is 32.1 Å². The summed E-state index contributed by atoms with van der Waals surface area (Å²) in [5, 5.41) is 14.5. The van der Waals surface area contributed by atoms with Crippen molar-refractivity contribution in [3.63, 3.8) is 0 Å². The maximum Gasteiger partial charge on any atom is 0.256 e. The number of aromatic nitrogens is 1. The second-order valence-electron chi connectivity index (χ2n) is 5.53. The lowest BCUT2D eigenvalue weighted by Crippen LogP contribution is -2.16. The van der Waals surface area contributed by atoms with Crippen LogP contribution < -0.4 is 5.32 Å². The van der Waals surface area contributed by atoms with Crippen LogP contribution in [0.15, 0.2) is 47.8 Å². The van der Waals surface area contributed by atoms with E-state index in [1.807, 2.05) is 54.1 Å². The average molecular weight is 335 g/mol. The van der Waals surface area contributed by atoms with Gasteiger partial charge in [-0.3, -0.25) is 4.79 Å². The van der Waals surface area contributed by atoms with Crippen LogP contribution in [0, 0.1) is 25.2 Å². The van der Waals surface area contributed by atoms with Crippen LogP contribution in [-0.4, -0.2) is 10.5 Å². The first-order valence-electron chi connectivity index (χ1n) is 7.60. The largest absolute Gasteiger partial charge is 0.325 e. The zero-order valence-electron chi connectivity index (χ0n) is 13.5. The van der Waals surface area contributed by atoms with Crippen LogP contribution in [0.25, 0.3) is 0 Å². The standard InChI is InChI=1S/C19H17N3OS/c1-13-14(2)22(12-16-9-6-10-24-16)18(17(13)11-20)21-19(23)15-7-4-3-5-8-15/h3-10H,12H2,1-2H3,(H,21,23). The molecule has 0 aliphatic carbocycles. The van der Waals surface area contributed by atoms with Crippen molar-refractivity contribution in [1.82, 2.24) is 4.57 Å². The van der Waals surface area contributed by atoms with Gasteiger partial charge in [0.05, 0.1) is 12.1 Å². The van der Waals surface area contributed by atoms with Crippen molar-refractivity contribution >= 4 is 23.1 Å². The van der Waals surface area contributed by atoms with E-state index in [0.29, 0.717) is 23.5 Å². The number of rotatable bonds is 4. The molecule has 2 heterocycles. The first kappa shape index (κ1) is 16.0. The van der Waals surface area contributed by atoms with Crippen molar-refractivity contribution in [1.29, 1.82) is 5.26 Å². The van der Waals surface area contributed by atoms with Gasteiger partial charge in [0.15, 0.2) is 0 Å². The van der Waals surface area contributed by atoms with E-state index in [4.69, 9.17) is 0 Å². The number of nitrogens with zero attached hydrogens (tertiary/aromatic N) is 2. The molecule has 0 saturated carbocycles. The highest BCUT2D eigenvalue weighted by Gasteiger charge is 2.20. The Morgan fingerprint density at radius 1 is 1.21 bits per heavy atom. The van der Waals surface area contributed by atoms with Crippen LogP contribution in [0.5, 0.6) is 0 Å². The summed E-state index contributed by atoms with van der Waals surface area (Å²) >= 11 is 1.66. The van der Waals surface area contributed by atoms with Gasteiger partial charge in [-0.05, 0) is 43.0 Å². The number of carbonyl (C=O) groups excluding carboxylic acids is 1. The molecule has 5 heteroatoms. The van der Waals surface area contributed by atoms with Crippen LogP contribution in [-0.2, 0) is 6.54 Å². The molecule has 24 heavy (non-hydrogen) atoms. The van der Waals surface area contributed by atoms with Crippen LogP contribution >= 0.6 is 11.3 Å². The van der Waals surface area contributed by atoms with Gasteiger partial charge in [0.25, 0.3) is 5.91 Å². The molecule has 0 fully saturated rings. The van der Waals surface area contributed by atoms with Crippen molar-refractivity contribution in [2.45, 2.75) is 20.4 Å². The Hall–Kier alpha value is -2.84. The molecule has 0 aliphatic rings. The lowest BCUT2D eigenvalue weighted by Gasteiger charge is -2.12. The van der Waals surface area contributed by atoms with Gasteiger partial charge in [-0.15, -0.1) is 11.3 Å². The summed E-state index contributed by atoms with van der Waals surface area (Å²) in [6, 6.07) is 15.3. The Bertz CT molecular complexity index is 902. The molecule has 0 radical (unpaired) electrons. The molecule has 120 valence electrons. The summed E-state index contributed by atoms with van der Waals surface area (Å²) in [5.41, 5.74) is 2.98. The monoisotopic (exact) mass is 335 g/mol. The number of hydrogen-bond donors (Lipinski definition) is 1. The van der Waals surface area contributed by atoms with E-state index >= 15 is 0 Å². The van der Waals surface area contributed by atoms with Gasteiger partial charge in [0.2, 0.25) is 0 Å². The fraction of sp³-hybridized carbons (Fsp3) is 0.158. The molecule has 0 unspecified atom stereocenters. The number of nitrogens with one attached hydrogen (secondary N) is 1. The van der Waals surface area contributed by atoms with Gasteiger partial charge in [0.1, 0.15) is 11.9 Å². The van der Waals surface area contributed by atoms with E-state index in [1.165, 1.54) is 4.88 Å². The maximum absolute atomic E-state index is 12.5. The second kappa shape index (κ2) is 6.73. The first-order chi connectivity index (χ1) is 11.6. The smallest absolute Gasteiger partial charge is 0.256 e. The number of benzene rings is 1. The number of hydrogen-bond acceptors (Lipinski definition) is 3. The van der Waals surface area contributed by atoms with Gasteiger partial charge in [-0.1, -0.05) is 24.3 Å². The van der Waals surface area contributed by atoms with E-state index in [2.05, 4.69) is 11.4 Å². The lowest BCUT2D eigenvalue weighted by molar-refractivity contribution is 0.102. The van der Waals surface area contributed by atoms with Gasteiger partial charge in [-0.25, -0.2) is 0 Å². The summed E-state index contributed by atoms with van der Waals surface area (Å²) in [7, 11) is 0. The predicted octanol–water partition coefficient (Wildman–Crippen LogP) is 4.34. The van der Waals surface area contributed by atoms with E-state index in [0.717, 1.165) is 11.3 Å². The third kappa shape index (κ3) is 2.97. The number of nitriles is 1. The summed E-state index contributed by atoms with van der Waals surface area (Å²) < 4.78 is 2.00. The van der Waals surface area contributed by atoms with E-state index < -0.39 is 0 Å². The van der Waals surface area contributed by atoms with Crippen LogP contribution in [0.3, 0.4) is 0 Å². The molecule has 0 spiro atoms.